The minimum atomic E-state index is -0.959. The molecule has 0 fully saturated rings. The number of carbonyl (C=O) groups excluding carboxylic acids is 2. The van der Waals surface area contributed by atoms with E-state index in [-0.39, 0.29) is 24.2 Å². The minimum absolute atomic E-state index is 0.0939. The minimum Gasteiger partial charge on any atom is -0.481 e. The van der Waals surface area contributed by atoms with Crippen molar-refractivity contribution in [2.75, 3.05) is 21.1 Å². The standard InChI is InChI=1S/C16H31N3O4/c1-10(2)13(19(8)15(23)16(4,5)17-6)14(22)18(7)11(3)9-12(20)21/h10-11,13,17H,9H2,1-8H3,(H,20,21)/t11?,13-/m0/s1. The van der Waals surface area contributed by atoms with Crippen LogP contribution in [-0.4, -0.2) is 71.5 Å². The number of carboxylic acids is 1. The van der Waals surface area contributed by atoms with Crippen LogP contribution in [-0.2, 0) is 14.4 Å². The van der Waals surface area contributed by atoms with Gasteiger partial charge in [0.05, 0.1) is 12.0 Å². The lowest BCUT2D eigenvalue weighted by atomic mass is 9.96. The summed E-state index contributed by atoms with van der Waals surface area (Å²) in [5, 5.41) is 11.8. The molecule has 134 valence electrons. The normalized spacial score (nSPS) is 14.3. The number of hydrogen-bond acceptors (Lipinski definition) is 4. The largest absolute Gasteiger partial charge is 0.481 e. The number of hydrogen-bond donors (Lipinski definition) is 2. The monoisotopic (exact) mass is 329 g/mol. The molecule has 2 atom stereocenters. The van der Waals surface area contributed by atoms with Gasteiger partial charge in [-0.2, -0.15) is 0 Å². The maximum absolute atomic E-state index is 12.8. The molecule has 0 aromatic heterocycles. The summed E-state index contributed by atoms with van der Waals surface area (Å²) >= 11 is 0. The Labute approximate surface area is 139 Å². The summed E-state index contributed by atoms with van der Waals surface area (Å²) in [7, 11) is 4.88. The molecule has 0 aliphatic heterocycles. The maximum Gasteiger partial charge on any atom is 0.305 e. The lowest BCUT2D eigenvalue weighted by molar-refractivity contribution is -0.150. The molecule has 0 aromatic rings. The highest BCUT2D eigenvalue weighted by Crippen LogP contribution is 2.18. The van der Waals surface area contributed by atoms with Crippen molar-refractivity contribution in [1.82, 2.24) is 15.1 Å². The molecule has 0 aliphatic carbocycles. The molecule has 0 rings (SSSR count). The molecule has 2 N–H and O–H groups in total. The van der Waals surface area contributed by atoms with Gasteiger partial charge in [-0.1, -0.05) is 13.8 Å². The van der Waals surface area contributed by atoms with Gasteiger partial charge in [-0.3, -0.25) is 14.4 Å². The molecule has 0 spiro atoms. The molecular weight excluding hydrogens is 298 g/mol. The highest BCUT2D eigenvalue weighted by atomic mass is 16.4. The fourth-order valence-electron chi connectivity index (χ4n) is 2.39. The Morgan fingerprint density at radius 2 is 1.57 bits per heavy atom. The summed E-state index contributed by atoms with van der Waals surface area (Å²) in [5.41, 5.74) is -0.784. The first-order chi connectivity index (χ1) is 10.4. The van der Waals surface area contributed by atoms with Crippen LogP contribution in [0.15, 0.2) is 0 Å². The first-order valence-electron chi connectivity index (χ1n) is 7.81. The average molecular weight is 329 g/mol. The SMILES string of the molecule is CNC(C)(C)C(=O)N(C)[C@H](C(=O)N(C)C(C)CC(=O)O)C(C)C. The van der Waals surface area contributed by atoms with Gasteiger partial charge in [-0.15, -0.1) is 0 Å². The van der Waals surface area contributed by atoms with Crippen LogP contribution in [0.2, 0.25) is 0 Å². The quantitative estimate of drug-likeness (QED) is 0.687. The zero-order valence-corrected chi connectivity index (χ0v) is 15.5. The van der Waals surface area contributed by atoms with Crippen LogP contribution in [0.1, 0.15) is 41.0 Å². The van der Waals surface area contributed by atoms with Crippen LogP contribution in [0.5, 0.6) is 0 Å². The third-order valence-corrected chi connectivity index (χ3v) is 4.26. The molecule has 0 saturated heterocycles. The summed E-state index contributed by atoms with van der Waals surface area (Å²) in [6.45, 7) is 8.93. The molecule has 0 aliphatic rings. The molecular formula is C16H31N3O4. The van der Waals surface area contributed by atoms with Gasteiger partial charge in [0.1, 0.15) is 6.04 Å². The van der Waals surface area contributed by atoms with Gasteiger partial charge in [0.15, 0.2) is 0 Å². The van der Waals surface area contributed by atoms with Crippen molar-refractivity contribution in [2.24, 2.45) is 5.92 Å². The molecule has 2 amide bonds. The van der Waals surface area contributed by atoms with Gasteiger partial charge in [0, 0.05) is 20.1 Å². The van der Waals surface area contributed by atoms with E-state index in [1.807, 2.05) is 13.8 Å². The van der Waals surface area contributed by atoms with E-state index in [0.717, 1.165) is 0 Å². The maximum atomic E-state index is 12.8. The second-order valence-corrected chi connectivity index (χ2v) is 6.88. The molecule has 7 nitrogen and oxygen atoms in total. The van der Waals surface area contributed by atoms with Crippen LogP contribution < -0.4 is 5.32 Å². The van der Waals surface area contributed by atoms with Crippen LogP contribution in [0.25, 0.3) is 0 Å². The number of rotatable bonds is 8. The van der Waals surface area contributed by atoms with E-state index >= 15 is 0 Å². The Bertz CT molecular complexity index is 449. The number of carboxylic acid groups (broad SMARTS) is 1. The lowest BCUT2D eigenvalue weighted by Crippen LogP contribution is -2.59. The van der Waals surface area contributed by atoms with Crippen molar-refractivity contribution in [3.63, 3.8) is 0 Å². The molecule has 0 heterocycles. The number of aliphatic carboxylic acids is 1. The second-order valence-electron chi connectivity index (χ2n) is 6.88. The fraction of sp³-hybridized carbons (Fsp3) is 0.812. The van der Waals surface area contributed by atoms with E-state index in [4.69, 9.17) is 5.11 Å². The first kappa shape index (κ1) is 21.4. The van der Waals surface area contributed by atoms with E-state index in [0.29, 0.717) is 0 Å². The van der Waals surface area contributed by atoms with E-state index in [1.165, 1.54) is 9.80 Å². The Morgan fingerprint density at radius 1 is 1.09 bits per heavy atom. The van der Waals surface area contributed by atoms with Gasteiger partial charge in [-0.05, 0) is 33.7 Å². The Morgan fingerprint density at radius 3 is 1.91 bits per heavy atom. The van der Waals surface area contributed by atoms with E-state index in [1.54, 1.807) is 41.9 Å². The van der Waals surface area contributed by atoms with Crippen LogP contribution in [0, 0.1) is 5.92 Å². The predicted molar refractivity (Wildman–Crippen MR) is 89.0 cm³/mol. The van der Waals surface area contributed by atoms with Gasteiger partial charge >= 0.3 is 5.97 Å². The summed E-state index contributed by atoms with van der Waals surface area (Å²) < 4.78 is 0. The van der Waals surface area contributed by atoms with Crippen molar-refractivity contribution >= 4 is 17.8 Å². The number of carbonyl (C=O) groups is 3. The molecule has 0 aromatic carbocycles. The third-order valence-electron chi connectivity index (χ3n) is 4.26. The third kappa shape index (κ3) is 5.49. The Kier molecular flexibility index (Phi) is 7.70. The molecule has 0 radical (unpaired) electrons. The summed E-state index contributed by atoms with van der Waals surface area (Å²) in [4.78, 5) is 39.1. The van der Waals surface area contributed by atoms with Crippen molar-refractivity contribution in [3.8, 4) is 0 Å². The van der Waals surface area contributed by atoms with Gasteiger partial charge in [0.2, 0.25) is 11.8 Å². The highest BCUT2D eigenvalue weighted by Gasteiger charge is 2.38. The number of amides is 2. The van der Waals surface area contributed by atoms with Gasteiger partial charge < -0.3 is 20.2 Å². The zero-order chi connectivity index (χ0) is 18.5. The van der Waals surface area contributed by atoms with Gasteiger partial charge in [-0.25, -0.2) is 0 Å². The number of nitrogens with zero attached hydrogens (tertiary/aromatic N) is 2. The Hall–Kier alpha value is -1.63. The van der Waals surface area contributed by atoms with Crippen molar-refractivity contribution in [2.45, 2.75) is 58.7 Å². The van der Waals surface area contributed by atoms with Crippen LogP contribution in [0.3, 0.4) is 0 Å². The molecule has 0 saturated carbocycles. The molecule has 0 bridgehead atoms. The number of likely N-dealkylation sites (N-methyl/N-ethyl adjacent to an activating group) is 3. The Balaban J connectivity index is 5.36. The second kappa shape index (κ2) is 8.29. The zero-order valence-electron chi connectivity index (χ0n) is 15.5. The smallest absolute Gasteiger partial charge is 0.305 e. The van der Waals surface area contributed by atoms with Crippen molar-refractivity contribution < 1.29 is 19.5 Å². The van der Waals surface area contributed by atoms with Gasteiger partial charge in [0.25, 0.3) is 0 Å². The first-order valence-corrected chi connectivity index (χ1v) is 7.81. The van der Waals surface area contributed by atoms with Crippen LogP contribution in [0.4, 0.5) is 0 Å². The lowest BCUT2D eigenvalue weighted by Gasteiger charge is -2.38. The molecule has 7 heteroatoms. The van der Waals surface area contributed by atoms with E-state index in [2.05, 4.69) is 5.32 Å². The topological polar surface area (TPSA) is 90.0 Å². The fourth-order valence-corrected chi connectivity index (χ4v) is 2.39. The van der Waals surface area contributed by atoms with Crippen molar-refractivity contribution in [3.05, 3.63) is 0 Å². The van der Waals surface area contributed by atoms with Crippen LogP contribution >= 0.6 is 0 Å². The summed E-state index contributed by atoms with van der Waals surface area (Å²) in [5.74, 6) is -1.49. The molecule has 1 unspecified atom stereocenters. The number of nitrogens with one attached hydrogen (secondary N) is 1. The van der Waals surface area contributed by atoms with Crippen molar-refractivity contribution in [1.29, 1.82) is 0 Å². The average Bonchev–Trinajstić information content (AvgIpc) is 2.44. The summed E-state index contributed by atoms with van der Waals surface area (Å²) in [6.07, 6.45) is -0.132. The highest BCUT2D eigenvalue weighted by molar-refractivity contribution is 5.91. The summed E-state index contributed by atoms with van der Waals surface area (Å²) in [6, 6.07) is -1.08. The predicted octanol–water partition coefficient (Wildman–Crippen LogP) is 0.789. The van der Waals surface area contributed by atoms with E-state index < -0.39 is 23.6 Å². The molecule has 23 heavy (non-hydrogen) atoms. The van der Waals surface area contributed by atoms with E-state index in [9.17, 15) is 14.4 Å².